The molecule has 2 aromatic rings. The summed E-state index contributed by atoms with van der Waals surface area (Å²) in [7, 11) is 0. The minimum Gasteiger partial charge on any atom is -0.396 e. The van der Waals surface area contributed by atoms with Crippen molar-refractivity contribution in [2.24, 2.45) is 0 Å². The molecule has 0 saturated carbocycles. The van der Waals surface area contributed by atoms with Gasteiger partial charge in [-0.1, -0.05) is 6.07 Å². The molecule has 18 heavy (non-hydrogen) atoms. The molecule has 3 nitrogen and oxygen atoms in total. The topological polar surface area (TPSA) is 61.8 Å². The SMILES string of the molecule is N#Cc1cccc(Nc2ccc(Br)c(F)c2)c1N. The lowest BCUT2D eigenvalue weighted by Gasteiger charge is -2.10. The molecule has 0 spiro atoms. The molecular weight excluding hydrogens is 297 g/mol. The van der Waals surface area contributed by atoms with Crippen LogP contribution in [-0.4, -0.2) is 0 Å². The second-order valence-electron chi connectivity index (χ2n) is 3.63. The fourth-order valence-electron chi connectivity index (χ4n) is 1.50. The Balaban J connectivity index is 2.35. The molecule has 2 rings (SSSR count). The minimum atomic E-state index is -0.366. The maximum absolute atomic E-state index is 13.4. The summed E-state index contributed by atoms with van der Waals surface area (Å²) in [5.74, 6) is -0.366. The number of nitrogens with one attached hydrogen (secondary N) is 1. The highest BCUT2D eigenvalue weighted by Crippen LogP contribution is 2.27. The average Bonchev–Trinajstić information content (AvgIpc) is 2.36. The van der Waals surface area contributed by atoms with E-state index in [2.05, 4.69) is 21.2 Å². The first-order valence-corrected chi connectivity index (χ1v) is 5.92. The highest BCUT2D eigenvalue weighted by Gasteiger charge is 2.06. The van der Waals surface area contributed by atoms with Crippen molar-refractivity contribution >= 4 is 33.0 Å². The maximum atomic E-state index is 13.4. The first kappa shape index (κ1) is 12.4. The molecule has 0 aliphatic heterocycles. The number of hydrogen-bond acceptors (Lipinski definition) is 3. The van der Waals surface area contributed by atoms with Crippen molar-refractivity contribution in [3.05, 3.63) is 52.3 Å². The Labute approximate surface area is 112 Å². The van der Waals surface area contributed by atoms with Crippen LogP contribution in [0, 0.1) is 17.1 Å². The summed E-state index contributed by atoms with van der Waals surface area (Å²) in [5.41, 5.74) is 7.71. The standard InChI is InChI=1S/C13H9BrFN3/c14-10-5-4-9(6-11(10)15)18-12-3-1-2-8(7-16)13(12)17/h1-6,18H,17H2. The minimum absolute atomic E-state index is 0.350. The number of halogens is 2. The summed E-state index contributed by atoms with van der Waals surface area (Å²) >= 11 is 3.08. The molecule has 90 valence electrons. The lowest BCUT2D eigenvalue weighted by molar-refractivity contribution is 0.622. The summed E-state index contributed by atoms with van der Waals surface area (Å²) < 4.78 is 13.8. The molecule has 0 amide bonds. The molecule has 0 fully saturated rings. The van der Waals surface area contributed by atoms with E-state index in [-0.39, 0.29) is 5.82 Å². The first-order valence-electron chi connectivity index (χ1n) is 5.12. The van der Waals surface area contributed by atoms with Gasteiger partial charge in [0.25, 0.3) is 0 Å². The van der Waals surface area contributed by atoms with Crippen molar-refractivity contribution in [2.75, 3.05) is 11.1 Å². The lowest BCUT2D eigenvalue weighted by Crippen LogP contribution is -1.99. The number of nitrogens with two attached hydrogens (primary N) is 1. The van der Waals surface area contributed by atoms with Crippen LogP contribution < -0.4 is 11.1 Å². The van der Waals surface area contributed by atoms with Gasteiger partial charge < -0.3 is 11.1 Å². The number of anilines is 3. The second kappa shape index (κ2) is 5.07. The Morgan fingerprint density at radius 1 is 1.28 bits per heavy atom. The Morgan fingerprint density at radius 3 is 2.72 bits per heavy atom. The molecule has 5 heteroatoms. The molecule has 0 aromatic heterocycles. The highest BCUT2D eigenvalue weighted by molar-refractivity contribution is 9.10. The zero-order valence-corrected chi connectivity index (χ0v) is 10.8. The van der Waals surface area contributed by atoms with Crippen molar-refractivity contribution in [1.29, 1.82) is 5.26 Å². The van der Waals surface area contributed by atoms with E-state index in [0.717, 1.165) is 0 Å². The lowest BCUT2D eigenvalue weighted by atomic mass is 10.1. The van der Waals surface area contributed by atoms with Gasteiger partial charge in [0.1, 0.15) is 11.9 Å². The summed E-state index contributed by atoms with van der Waals surface area (Å²) in [4.78, 5) is 0. The summed E-state index contributed by atoms with van der Waals surface area (Å²) in [6, 6.07) is 11.7. The molecule has 3 N–H and O–H groups in total. The monoisotopic (exact) mass is 305 g/mol. The Kier molecular flexibility index (Phi) is 3.49. The van der Waals surface area contributed by atoms with Gasteiger partial charge in [-0.2, -0.15) is 5.26 Å². The van der Waals surface area contributed by atoms with Crippen molar-refractivity contribution < 1.29 is 4.39 Å². The van der Waals surface area contributed by atoms with Crippen LogP contribution in [0.1, 0.15) is 5.56 Å². The number of hydrogen-bond donors (Lipinski definition) is 2. The third kappa shape index (κ3) is 2.44. The summed E-state index contributed by atoms with van der Waals surface area (Å²) in [6.07, 6.45) is 0. The molecule has 2 aromatic carbocycles. The molecular formula is C13H9BrFN3. The van der Waals surface area contributed by atoms with Crippen molar-refractivity contribution in [2.45, 2.75) is 0 Å². The van der Waals surface area contributed by atoms with Crippen molar-refractivity contribution in [3.63, 3.8) is 0 Å². The number of nitriles is 1. The van der Waals surface area contributed by atoms with Gasteiger partial charge in [-0.05, 0) is 46.3 Å². The number of rotatable bonds is 2. The maximum Gasteiger partial charge on any atom is 0.139 e. The summed E-state index contributed by atoms with van der Waals surface area (Å²) in [6.45, 7) is 0. The number of nitrogens with zero attached hydrogens (tertiary/aromatic N) is 1. The van der Waals surface area contributed by atoms with E-state index < -0.39 is 0 Å². The van der Waals surface area contributed by atoms with E-state index in [4.69, 9.17) is 11.0 Å². The van der Waals surface area contributed by atoms with E-state index in [1.54, 1.807) is 30.3 Å². The zero-order chi connectivity index (χ0) is 13.1. The molecule has 0 aliphatic rings. The van der Waals surface area contributed by atoms with Crippen molar-refractivity contribution in [3.8, 4) is 6.07 Å². The van der Waals surface area contributed by atoms with Gasteiger partial charge in [0, 0.05) is 5.69 Å². The molecule has 0 heterocycles. The third-order valence-electron chi connectivity index (χ3n) is 2.43. The van der Waals surface area contributed by atoms with Crippen molar-refractivity contribution in [1.82, 2.24) is 0 Å². The van der Waals surface area contributed by atoms with E-state index in [9.17, 15) is 4.39 Å². The van der Waals surface area contributed by atoms with Crippen LogP contribution in [0.4, 0.5) is 21.5 Å². The quantitative estimate of drug-likeness (QED) is 0.830. The normalized spacial score (nSPS) is 9.83. The van der Waals surface area contributed by atoms with Crippen LogP contribution in [0.2, 0.25) is 0 Å². The largest absolute Gasteiger partial charge is 0.396 e. The molecule has 0 saturated heterocycles. The van der Waals surface area contributed by atoms with Crippen LogP contribution in [-0.2, 0) is 0 Å². The van der Waals surface area contributed by atoms with Gasteiger partial charge in [-0.3, -0.25) is 0 Å². The van der Waals surface area contributed by atoms with Gasteiger partial charge in [0.2, 0.25) is 0 Å². The molecule has 0 aliphatic carbocycles. The van der Waals surface area contributed by atoms with E-state index in [1.807, 2.05) is 6.07 Å². The van der Waals surface area contributed by atoms with E-state index in [0.29, 0.717) is 27.1 Å². The Bertz CT molecular complexity index is 635. The van der Waals surface area contributed by atoms with Gasteiger partial charge in [-0.15, -0.1) is 0 Å². The van der Waals surface area contributed by atoms with E-state index >= 15 is 0 Å². The third-order valence-corrected chi connectivity index (χ3v) is 3.07. The van der Waals surface area contributed by atoms with Crippen LogP contribution in [0.3, 0.4) is 0 Å². The zero-order valence-electron chi connectivity index (χ0n) is 9.24. The fraction of sp³-hybridized carbons (Fsp3) is 0. The first-order chi connectivity index (χ1) is 8.61. The average molecular weight is 306 g/mol. The van der Waals surface area contributed by atoms with Crippen LogP contribution in [0.25, 0.3) is 0 Å². The fourth-order valence-corrected chi connectivity index (χ4v) is 1.75. The number of nitrogen functional groups attached to an aromatic ring is 1. The second-order valence-corrected chi connectivity index (χ2v) is 4.49. The van der Waals surface area contributed by atoms with Gasteiger partial charge in [0.05, 0.1) is 21.4 Å². The predicted octanol–water partition coefficient (Wildman–Crippen LogP) is 3.79. The molecule has 0 atom stereocenters. The van der Waals surface area contributed by atoms with Crippen LogP contribution >= 0.6 is 15.9 Å². The Hall–Kier alpha value is -2.06. The van der Waals surface area contributed by atoms with Gasteiger partial charge in [0.15, 0.2) is 0 Å². The molecule has 0 bridgehead atoms. The number of para-hydroxylation sites is 1. The van der Waals surface area contributed by atoms with Crippen LogP contribution in [0.5, 0.6) is 0 Å². The highest BCUT2D eigenvalue weighted by atomic mass is 79.9. The summed E-state index contributed by atoms with van der Waals surface area (Å²) in [5, 5.41) is 11.8. The molecule has 0 radical (unpaired) electrons. The van der Waals surface area contributed by atoms with Gasteiger partial charge >= 0.3 is 0 Å². The van der Waals surface area contributed by atoms with E-state index in [1.165, 1.54) is 6.07 Å². The smallest absolute Gasteiger partial charge is 0.139 e. The Morgan fingerprint density at radius 2 is 2.06 bits per heavy atom. The molecule has 0 unspecified atom stereocenters. The predicted molar refractivity (Wildman–Crippen MR) is 73.0 cm³/mol. The van der Waals surface area contributed by atoms with Gasteiger partial charge in [-0.25, -0.2) is 4.39 Å². The number of benzene rings is 2. The van der Waals surface area contributed by atoms with Crippen LogP contribution in [0.15, 0.2) is 40.9 Å².